The molecular formula is C12H18BrNO. The fourth-order valence-electron chi connectivity index (χ4n) is 1.80. The average Bonchev–Trinajstić information content (AvgIpc) is 2.18. The summed E-state index contributed by atoms with van der Waals surface area (Å²) in [6, 6.07) is 6.42. The van der Waals surface area contributed by atoms with Crippen molar-refractivity contribution in [3.8, 4) is 5.75 Å². The molecule has 0 saturated heterocycles. The van der Waals surface area contributed by atoms with E-state index < -0.39 is 0 Å². The summed E-state index contributed by atoms with van der Waals surface area (Å²) in [7, 11) is 3.69. The van der Waals surface area contributed by atoms with Crippen LogP contribution in [0.3, 0.4) is 0 Å². The van der Waals surface area contributed by atoms with Crippen LogP contribution in [0.2, 0.25) is 0 Å². The molecule has 1 N–H and O–H groups in total. The van der Waals surface area contributed by atoms with Gasteiger partial charge in [-0.25, -0.2) is 0 Å². The van der Waals surface area contributed by atoms with Gasteiger partial charge in [0.05, 0.1) is 7.11 Å². The van der Waals surface area contributed by atoms with Crippen LogP contribution in [0.15, 0.2) is 22.7 Å². The molecule has 0 aliphatic heterocycles. The van der Waals surface area contributed by atoms with E-state index in [1.54, 1.807) is 7.11 Å². The van der Waals surface area contributed by atoms with Gasteiger partial charge < -0.3 is 10.1 Å². The second-order valence-electron chi connectivity index (χ2n) is 3.90. The molecule has 0 aliphatic carbocycles. The van der Waals surface area contributed by atoms with Gasteiger partial charge in [0.25, 0.3) is 0 Å². The highest BCUT2D eigenvalue weighted by atomic mass is 79.9. The Bertz CT molecular complexity index is 325. The standard InChI is InChI=1S/C12H18BrNO/c1-8(2)12(14-3)10-7-9(13)5-6-11(10)15-4/h5-8,12,14H,1-4H3. The lowest BCUT2D eigenvalue weighted by Gasteiger charge is -2.23. The van der Waals surface area contributed by atoms with E-state index >= 15 is 0 Å². The molecule has 84 valence electrons. The van der Waals surface area contributed by atoms with Crippen LogP contribution in [0.5, 0.6) is 5.75 Å². The monoisotopic (exact) mass is 271 g/mol. The van der Waals surface area contributed by atoms with Crippen molar-refractivity contribution in [1.29, 1.82) is 0 Å². The zero-order valence-electron chi connectivity index (χ0n) is 9.67. The summed E-state index contributed by atoms with van der Waals surface area (Å²) < 4.78 is 6.46. The van der Waals surface area contributed by atoms with E-state index in [-0.39, 0.29) is 0 Å². The summed E-state index contributed by atoms with van der Waals surface area (Å²) in [6.45, 7) is 4.39. The highest BCUT2D eigenvalue weighted by Gasteiger charge is 2.17. The smallest absolute Gasteiger partial charge is 0.123 e. The molecule has 15 heavy (non-hydrogen) atoms. The Balaban J connectivity index is 3.13. The summed E-state index contributed by atoms with van der Waals surface area (Å²) >= 11 is 3.49. The molecule has 1 unspecified atom stereocenters. The SMILES string of the molecule is CNC(c1cc(Br)ccc1OC)C(C)C. The Morgan fingerprint density at radius 2 is 2.00 bits per heavy atom. The normalized spacial score (nSPS) is 12.9. The molecule has 0 amide bonds. The molecular weight excluding hydrogens is 254 g/mol. The molecule has 0 aliphatic rings. The number of halogens is 1. The number of nitrogens with one attached hydrogen (secondary N) is 1. The molecule has 0 fully saturated rings. The van der Waals surface area contributed by atoms with Crippen molar-refractivity contribution in [3.63, 3.8) is 0 Å². The van der Waals surface area contributed by atoms with E-state index in [1.165, 1.54) is 5.56 Å². The molecule has 1 aromatic rings. The van der Waals surface area contributed by atoms with Crippen LogP contribution >= 0.6 is 15.9 Å². The van der Waals surface area contributed by atoms with Gasteiger partial charge in [-0.3, -0.25) is 0 Å². The second-order valence-corrected chi connectivity index (χ2v) is 4.81. The third-order valence-corrected chi connectivity index (χ3v) is 3.00. The minimum atomic E-state index is 0.317. The minimum absolute atomic E-state index is 0.317. The van der Waals surface area contributed by atoms with Gasteiger partial charge in [-0.15, -0.1) is 0 Å². The predicted molar refractivity (Wildman–Crippen MR) is 67.3 cm³/mol. The third-order valence-electron chi connectivity index (χ3n) is 2.50. The molecule has 0 aromatic heterocycles. The van der Waals surface area contributed by atoms with Crippen LogP contribution in [0.25, 0.3) is 0 Å². The molecule has 1 rings (SSSR count). The number of ether oxygens (including phenoxy) is 1. The summed E-state index contributed by atoms with van der Waals surface area (Å²) in [4.78, 5) is 0. The first kappa shape index (κ1) is 12.5. The quantitative estimate of drug-likeness (QED) is 0.907. The summed E-state index contributed by atoms with van der Waals surface area (Å²) in [5, 5.41) is 3.32. The first-order valence-electron chi connectivity index (χ1n) is 5.10. The first-order chi connectivity index (χ1) is 7.10. The third kappa shape index (κ3) is 2.95. The van der Waals surface area contributed by atoms with Gasteiger partial charge in [0, 0.05) is 16.1 Å². The van der Waals surface area contributed by atoms with Crippen LogP contribution in [0.4, 0.5) is 0 Å². The summed E-state index contributed by atoms with van der Waals surface area (Å²) in [5.41, 5.74) is 1.20. The Labute approximate surface area is 100 Å². The molecule has 0 heterocycles. The molecule has 0 saturated carbocycles. The first-order valence-corrected chi connectivity index (χ1v) is 5.90. The van der Waals surface area contributed by atoms with Crippen molar-refractivity contribution >= 4 is 15.9 Å². The Morgan fingerprint density at radius 1 is 1.33 bits per heavy atom. The summed E-state index contributed by atoms with van der Waals surface area (Å²) in [6.07, 6.45) is 0. The maximum absolute atomic E-state index is 5.37. The molecule has 1 aromatic carbocycles. The van der Waals surface area contributed by atoms with E-state index in [1.807, 2.05) is 19.2 Å². The van der Waals surface area contributed by atoms with Gasteiger partial charge >= 0.3 is 0 Å². The number of rotatable bonds is 4. The van der Waals surface area contributed by atoms with E-state index in [4.69, 9.17) is 4.74 Å². The Morgan fingerprint density at radius 3 is 2.47 bits per heavy atom. The van der Waals surface area contributed by atoms with Crippen molar-refractivity contribution < 1.29 is 4.74 Å². The van der Waals surface area contributed by atoms with E-state index in [0.29, 0.717) is 12.0 Å². The lowest BCUT2D eigenvalue weighted by molar-refractivity contribution is 0.381. The van der Waals surface area contributed by atoms with Gasteiger partial charge in [-0.1, -0.05) is 29.8 Å². The van der Waals surface area contributed by atoms with Gasteiger partial charge in [-0.05, 0) is 31.2 Å². The average molecular weight is 272 g/mol. The molecule has 0 bridgehead atoms. The van der Waals surface area contributed by atoms with Crippen LogP contribution in [-0.4, -0.2) is 14.2 Å². The zero-order valence-corrected chi connectivity index (χ0v) is 11.3. The topological polar surface area (TPSA) is 21.3 Å². The second kappa shape index (κ2) is 5.52. The lowest BCUT2D eigenvalue weighted by atomic mass is 9.95. The fraction of sp³-hybridized carbons (Fsp3) is 0.500. The van der Waals surface area contributed by atoms with Crippen LogP contribution in [-0.2, 0) is 0 Å². The molecule has 0 spiro atoms. The maximum atomic E-state index is 5.37. The van der Waals surface area contributed by atoms with Crippen molar-refractivity contribution in [3.05, 3.63) is 28.2 Å². The summed E-state index contributed by atoms with van der Waals surface area (Å²) in [5.74, 6) is 1.46. The van der Waals surface area contributed by atoms with Crippen LogP contribution in [0.1, 0.15) is 25.5 Å². The van der Waals surface area contributed by atoms with Crippen LogP contribution in [0, 0.1) is 5.92 Å². The molecule has 1 atom stereocenters. The lowest BCUT2D eigenvalue weighted by Crippen LogP contribution is -2.22. The number of methoxy groups -OCH3 is 1. The Hall–Kier alpha value is -0.540. The van der Waals surface area contributed by atoms with E-state index in [9.17, 15) is 0 Å². The van der Waals surface area contributed by atoms with Crippen molar-refractivity contribution in [2.75, 3.05) is 14.2 Å². The van der Waals surface area contributed by atoms with Crippen molar-refractivity contribution in [2.24, 2.45) is 5.92 Å². The maximum Gasteiger partial charge on any atom is 0.123 e. The largest absolute Gasteiger partial charge is 0.496 e. The van der Waals surface area contributed by atoms with Gasteiger partial charge in [0.15, 0.2) is 0 Å². The van der Waals surface area contributed by atoms with Gasteiger partial charge in [0.1, 0.15) is 5.75 Å². The van der Waals surface area contributed by atoms with E-state index in [0.717, 1.165) is 10.2 Å². The van der Waals surface area contributed by atoms with Gasteiger partial charge in [-0.2, -0.15) is 0 Å². The molecule has 3 heteroatoms. The highest BCUT2D eigenvalue weighted by Crippen LogP contribution is 2.32. The number of hydrogen-bond donors (Lipinski definition) is 1. The highest BCUT2D eigenvalue weighted by molar-refractivity contribution is 9.10. The van der Waals surface area contributed by atoms with Crippen molar-refractivity contribution in [2.45, 2.75) is 19.9 Å². The predicted octanol–water partition coefficient (Wildman–Crippen LogP) is 3.37. The molecule has 2 nitrogen and oxygen atoms in total. The van der Waals surface area contributed by atoms with Crippen molar-refractivity contribution in [1.82, 2.24) is 5.32 Å². The number of benzene rings is 1. The Kier molecular flexibility index (Phi) is 4.61. The van der Waals surface area contributed by atoms with Crippen LogP contribution < -0.4 is 10.1 Å². The molecule has 0 radical (unpaired) electrons. The van der Waals surface area contributed by atoms with E-state index in [2.05, 4.69) is 41.2 Å². The minimum Gasteiger partial charge on any atom is -0.496 e. The van der Waals surface area contributed by atoms with Gasteiger partial charge in [0.2, 0.25) is 0 Å². The zero-order chi connectivity index (χ0) is 11.4. The fourth-order valence-corrected chi connectivity index (χ4v) is 2.17. The number of hydrogen-bond acceptors (Lipinski definition) is 2.